The molecule has 38 heavy (non-hydrogen) atoms. The summed E-state index contributed by atoms with van der Waals surface area (Å²) in [6.07, 6.45) is 5.58. The minimum absolute atomic E-state index is 0.357. The second-order valence-electron chi connectivity index (χ2n) is 10.6. The third kappa shape index (κ3) is 4.74. The number of fused-ring (bicyclic) bond motifs is 2. The zero-order valence-corrected chi connectivity index (χ0v) is 22.3. The van der Waals surface area contributed by atoms with E-state index in [2.05, 4.69) is 76.5 Å². The fraction of sp³-hybridized carbons (Fsp3) is 0.433. The number of anilines is 2. The van der Waals surface area contributed by atoms with E-state index in [1.807, 2.05) is 6.20 Å². The molecule has 0 radical (unpaired) electrons. The van der Waals surface area contributed by atoms with E-state index in [4.69, 9.17) is 14.7 Å². The van der Waals surface area contributed by atoms with Crippen molar-refractivity contribution in [2.24, 2.45) is 0 Å². The number of nitrogens with one attached hydrogen (secondary N) is 1. The number of ether oxygens (including phenoxy) is 1. The van der Waals surface area contributed by atoms with Gasteiger partial charge in [-0.1, -0.05) is 30.3 Å². The fourth-order valence-corrected chi connectivity index (χ4v) is 6.02. The largest absolute Gasteiger partial charge is 0.462 e. The highest BCUT2D eigenvalue weighted by Gasteiger charge is 2.28. The van der Waals surface area contributed by atoms with E-state index in [1.165, 1.54) is 34.0 Å². The van der Waals surface area contributed by atoms with Crippen LogP contribution in [0.4, 0.5) is 11.5 Å². The van der Waals surface area contributed by atoms with E-state index >= 15 is 0 Å². The van der Waals surface area contributed by atoms with E-state index in [0.717, 1.165) is 56.2 Å². The SMILES string of the molecule is Cc1cccc2cccc(N3CCc4c(nc(OC[C@H]5CCCN5C)nc4N4C=C(CC#N)NCC4)C3)c12. The van der Waals surface area contributed by atoms with Crippen LogP contribution < -0.4 is 19.9 Å². The Morgan fingerprint density at radius 1 is 1.13 bits per heavy atom. The summed E-state index contributed by atoms with van der Waals surface area (Å²) in [6.45, 7) is 7.05. The van der Waals surface area contributed by atoms with Crippen LogP contribution in [0.15, 0.2) is 48.3 Å². The molecule has 8 nitrogen and oxygen atoms in total. The molecule has 0 aliphatic carbocycles. The summed E-state index contributed by atoms with van der Waals surface area (Å²) in [6, 6.07) is 16.2. The summed E-state index contributed by atoms with van der Waals surface area (Å²) in [5, 5.41) is 15.1. The number of allylic oxidation sites excluding steroid dienone is 1. The highest BCUT2D eigenvalue weighted by Crippen LogP contribution is 2.35. The molecule has 3 aliphatic heterocycles. The van der Waals surface area contributed by atoms with Crippen LogP contribution in [0.2, 0.25) is 0 Å². The second kappa shape index (κ2) is 10.5. The standard InChI is InChI=1S/C30H35N7O/c1-21-6-3-7-22-8-4-10-27(28(21)22)36-16-12-25-26(19-36)33-30(38-20-24-9-5-15-35(24)2)34-29(25)37-17-14-32-23(18-37)11-13-31/h3-4,6-8,10,18,24,32H,5,9,11-12,14-17,19-20H2,1-2H3/t24-/m1/s1. The number of nitriles is 1. The van der Waals surface area contributed by atoms with Gasteiger partial charge in [-0.15, -0.1) is 0 Å². The highest BCUT2D eigenvalue weighted by atomic mass is 16.5. The van der Waals surface area contributed by atoms with Gasteiger partial charge in [-0.2, -0.15) is 15.2 Å². The fourth-order valence-electron chi connectivity index (χ4n) is 6.02. The Labute approximate surface area is 224 Å². The van der Waals surface area contributed by atoms with Crippen LogP contribution in [-0.4, -0.2) is 60.7 Å². The van der Waals surface area contributed by atoms with Gasteiger partial charge in [-0.25, -0.2) is 0 Å². The van der Waals surface area contributed by atoms with Crippen LogP contribution in [0.1, 0.15) is 36.1 Å². The first-order valence-electron chi connectivity index (χ1n) is 13.6. The Balaban J connectivity index is 1.36. The molecule has 8 heteroatoms. The van der Waals surface area contributed by atoms with Crippen LogP contribution >= 0.6 is 0 Å². The molecule has 1 fully saturated rings. The van der Waals surface area contributed by atoms with Gasteiger partial charge in [-0.3, -0.25) is 0 Å². The van der Waals surface area contributed by atoms with Crippen molar-refractivity contribution < 1.29 is 4.74 Å². The molecular weight excluding hydrogens is 474 g/mol. The molecule has 0 spiro atoms. The van der Waals surface area contributed by atoms with Crippen molar-refractivity contribution in [2.75, 3.05) is 49.6 Å². The Morgan fingerprint density at radius 3 is 2.82 bits per heavy atom. The number of hydrogen-bond donors (Lipinski definition) is 1. The van der Waals surface area contributed by atoms with Gasteiger partial charge < -0.3 is 24.8 Å². The van der Waals surface area contributed by atoms with Gasteiger partial charge in [0.25, 0.3) is 0 Å². The molecule has 0 bridgehead atoms. The number of likely N-dealkylation sites (N-methyl/N-ethyl adjacent to an activating group) is 1. The first-order valence-corrected chi connectivity index (χ1v) is 13.6. The smallest absolute Gasteiger partial charge is 0.318 e. The molecule has 2 aromatic carbocycles. The first-order chi connectivity index (χ1) is 18.6. The molecular formula is C30H35N7O. The summed E-state index contributed by atoms with van der Waals surface area (Å²) in [5.74, 6) is 0.912. The van der Waals surface area contributed by atoms with Crippen molar-refractivity contribution in [2.45, 2.75) is 45.2 Å². The van der Waals surface area contributed by atoms with Crippen molar-refractivity contribution >= 4 is 22.3 Å². The number of aromatic nitrogens is 2. The molecule has 6 rings (SSSR count). The van der Waals surface area contributed by atoms with Gasteiger partial charge in [-0.05, 0) is 56.8 Å². The lowest BCUT2D eigenvalue weighted by Crippen LogP contribution is -2.38. The lowest BCUT2D eigenvalue weighted by Gasteiger charge is -2.34. The van der Waals surface area contributed by atoms with Crippen LogP contribution in [0.5, 0.6) is 6.01 Å². The van der Waals surface area contributed by atoms with Gasteiger partial charge in [0.2, 0.25) is 0 Å². The van der Waals surface area contributed by atoms with Crippen molar-refractivity contribution in [1.29, 1.82) is 5.26 Å². The predicted molar refractivity (Wildman–Crippen MR) is 150 cm³/mol. The van der Waals surface area contributed by atoms with Gasteiger partial charge in [0.05, 0.1) is 24.7 Å². The summed E-state index contributed by atoms with van der Waals surface area (Å²) in [7, 11) is 2.16. The monoisotopic (exact) mass is 509 g/mol. The second-order valence-corrected chi connectivity index (χ2v) is 10.6. The predicted octanol–water partition coefficient (Wildman–Crippen LogP) is 4.14. The lowest BCUT2D eigenvalue weighted by molar-refractivity contribution is 0.187. The van der Waals surface area contributed by atoms with E-state index in [9.17, 15) is 5.26 Å². The zero-order chi connectivity index (χ0) is 26.1. The van der Waals surface area contributed by atoms with E-state index in [-0.39, 0.29) is 0 Å². The topological polar surface area (TPSA) is 80.6 Å². The van der Waals surface area contributed by atoms with E-state index in [1.54, 1.807) is 0 Å². The van der Waals surface area contributed by atoms with Crippen molar-refractivity contribution in [3.8, 4) is 12.1 Å². The number of hydrogen-bond acceptors (Lipinski definition) is 8. The molecule has 0 amide bonds. The maximum absolute atomic E-state index is 9.23. The normalized spacial score (nSPS) is 19.6. The summed E-state index contributed by atoms with van der Waals surface area (Å²) in [4.78, 5) is 16.9. The maximum atomic E-state index is 9.23. The molecule has 3 aliphatic rings. The molecule has 1 N–H and O–H groups in total. The van der Waals surface area contributed by atoms with Gasteiger partial charge in [0.15, 0.2) is 0 Å². The van der Waals surface area contributed by atoms with Gasteiger partial charge >= 0.3 is 6.01 Å². The number of rotatable bonds is 6. The summed E-state index contributed by atoms with van der Waals surface area (Å²) >= 11 is 0. The van der Waals surface area contributed by atoms with Crippen LogP contribution in [0.3, 0.4) is 0 Å². The number of benzene rings is 2. The minimum Gasteiger partial charge on any atom is -0.462 e. The lowest BCUT2D eigenvalue weighted by atomic mass is 10.00. The maximum Gasteiger partial charge on any atom is 0.318 e. The van der Waals surface area contributed by atoms with Crippen molar-refractivity contribution in [3.05, 3.63) is 65.1 Å². The van der Waals surface area contributed by atoms with Crippen LogP contribution in [-0.2, 0) is 13.0 Å². The first kappa shape index (κ1) is 24.5. The Kier molecular flexibility index (Phi) is 6.77. The minimum atomic E-state index is 0.357. The Bertz CT molecular complexity index is 1410. The molecule has 196 valence electrons. The average molecular weight is 510 g/mol. The van der Waals surface area contributed by atoms with E-state index in [0.29, 0.717) is 31.6 Å². The number of nitrogens with zero attached hydrogens (tertiary/aromatic N) is 6. The average Bonchev–Trinajstić information content (AvgIpc) is 3.35. The number of likely N-dealkylation sites (tertiary alicyclic amines) is 1. The summed E-state index contributed by atoms with van der Waals surface area (Å²) < 4.78 is 6.26. The van der Waals surface area contributed by atoms with Crippen LogP contribution in [0.25, 0.3) is 10.8 Å². The Morgan fingerprint density at radius 2 is 2.00 bits per heavy atom. The quantitative estimate of drug-likeness (QED) is 0.531. The molecule has 3 aromatic rings. The van der Waals surface area contributed by atoms with Gasteiger partial charge in [0.1, 0.15) is 12.4 Å². The van der Waals surface area contributed by atoms with Crippen molar-refractivity contribution in [1.82, 2.24) is 20.2 Å². The van der Waals surface area contributed by atoms with Gasteiger partial charge in [0, 0.05) is 54.2 Å². The number of aryl methyl sites for hydroxylation is 1. The molecule has 0 saturated carbocycles. The van der Waals surface area contributed by atoms with E-state index < -0.39 is 0 Å². The molecule has 1 saturated heterocycles. The molecule has 4 heterocycles. The molecule has 1 atom stereocenters. The van der Waals surface area contributed by atoms with Crippen molar-refractivity contribution in [3.63, 3.8) is 0 Å². The molecule has 0 unspecified atom stereocenters. The van der Waals surface area contributed by atoms with Crippen LogP contribution in [0, 0.1) is 18.3 Å². The third-order valence-corrected chi connectivity index (χ3v) is 8.09. The third-order valence-electron chi connectivity index (χ3n) is 8.09. The highest BCUT2D eigenvalue weighted by molar-refractivity contribution is 5.97. The Hall–Kier alpha value is -3.83. The zero-order valence-electron chi connectivity index (χ0n) is 22.3. The molecule has 1 aromatic heterocycles. The summed E-state index contributed by atoms with van der Waals surface area (Å²) in [5.41, 5.74) is 5.66.